The number of likely N-dealkylation sites (N-methyl/N-ethyl adjacent to an activating group) is 1. The molecular weight excluding hydrogens is 426 g/mol. The zero-order chi connectivity index (χ0) is 22.4. The van der Waals surface area contributed by atoms with Crippen molar-refractivity contribution in [3.63, 3.8) is 0 Å². The van der Waals surface area contributed by atoms with Gasteiger partial charge in [0.2, 0.25) is 0 Å². The maximum absolute atomic E-state index is 11.5. The molecule has 1 aliphatic rings. The van der Waals surface area contributed by atoms with Gasteiger partial charge in [-0.15, -0.1) is 5.10 Å². The molecule has 0 spiro atoms. The van der Waals surface area contributed by atoms with E-state index in [0.717, 1.165) is 12.2 Å². The molecule has 1 aromatic rings. The van der Waals surface area contributed by atoms with Crippen molar-refractivity contribution in [2.24, 2.45) is 0 Å². The average Bonchev–Trinajstić information content (AvgIpc) is 3.17. The molecule has 1 fully saturated rings. The number of ether oxygens (including phenoxy) is 4. The first-order chi connectivity index (χ1) is 14.9. The molecular formula is C19H37N5O6S. The summed E-state index contributed by atoms with van der Waals surface area (Å²) in [6, 6.07) is 0. The highest BCUT2D eigenvalue weighted by atomic mass is 32.2. The van der Waals surface area contributed by atoms with E-state index in [4.69, 9.17) is 18.9 Å². The molecule has 0 saturated carbocycles. The third-order valence-corrected chi connectivity index (χ3v) is 6.28. The van der Waals surface area contributed by atoms with Crippen LogP contribution in [0.5, 0.6) is 0 Å². The zero-order valence-corrected chi connectivity index (χ0v) is 19.6. The average molecular weight is 464 g/mol. The highest BCUT2D eigenvalue weighted by Crippen LogP contribution is 2.07. The molecule has 0 amide bonds. The van der Waals surface area contributed by atoms with E-state index in [-0.39, 0.29) is 11.5 Å². The lowest BCUT2D eigenvalue weighted by Crippen LogP contribution is -2.39. The Labute approximate surface area is 185 Å². The van der Waals surface area contributed by atoms with E-state index in [1.165, 1.54) is 0 Å². The molecule has 11 nitrogen and oxygen atoms in total. The molecule has 1 aliphatic heterocycles. The molecule has 0 aromatic carbocycles. The van der Waals surface area contributed by atoms with Gasteiger partial charge in [-0.25, -0.2) is 13.1 Å². The summed E-state index contributed by atoms with van der Waals surface area (Å²) in [5, 5.41) is 8.25. The molecule has 0 unspecified atom stereocenters. The van der Waals surface area contributed by atoms with Gasteiger partial charge in [-0.1, -0.05) is 5.21 Å². The molecule has 0 aliphatic carbocycles. The molecule has 0 atom stereocenters. The Morgan fingerprint density at radius 1 is 0.903 bits per heavy atom. The lowest BCUT2D eigenvalue weighted by molar-refractivity contribution is -0.00384. The van der Waals surface area contributed by atoms with E-state index in [0.29, 0.717) is 79.0 Å². The molecule has 0 N–H and O–H groups in total. The van der Waals surface area contributed by atoms with Crippen molar-refractivity contribution in [3.05, 3.63) is 11.9 Å². The normalized spacial score (nSPS) is 16.9. The number of hydrogen-bond acceptors (Lipinski definition) is 10. The van der Waals surface area contributed by atoms with Crippen LogP contribution in [0, 0.1) is 0 Å². The lowest BCUT2D eigenvalue weighted by atomic mass is 10.4. The monoisotopic (exact) mass is 463 g/mol. The molecule has 0 bridgehead atoms. The Kier molecular flexibility index (Phi) is 12.5. The zero-order valence-electron chi connectivity index (χ0n) is 18.8. The second kappa shape index (κ2) is 14.8. The highest BCUT2D eigenvalue weighted by molar-refractivity contribution is 7.91. The fourth-order valence-corrected chi connectivity index (χ4v) is 4.10. The number of hydrogen-bond donors (Lipinski definition) is 0. The predicted octanol–water partition coefficient (Wildman–Crippen LogP) is -0.863. The van der Waals surface area contributed by atoms with Crippen LogP contribution in [0.1, 0.15) is 5.69 Å². The van der Waals surface area contributed by atoms with E-state index in [9.17, 15) is 8.42 Å². The highest BCUT2D eigenvalue weighted by Gasteiger charge is 2.22. The summed E-state index contributed by atoms with van der Waals surface area (Å²) in [6.07, 6.45) is 1.88. The predicted molar refractivity (Wildman–Crippen MR) is 116 cm³/mol. The summed E-state index contributed by atoms with van der Waals surface area (Å²) in [6.45, 7) is 7.75. The van der Waals surface area contributed by atoms with Crippen LogP contribution in [0.25, 0.3) is 0 Å². The summed E-state index contributed by atoms with van der Waals surface area (Å²) < 4.78 is 46.6. The Morgan fingerprint density at radius 3 is 2.03 bits per heavy atom. The Hall–Kier alpha value is -1.15. The quantitative estimate of drug-likeness (QED) is 0.271. The van der Waals surface area contributed by atoms with Gasteiger partial charge in [0, 0.05) is 32.4 Å². The smallest absolute Gasteiger partial charge is 0.152 e. The largest absolute Gasteiger partial charge is 0.378 e. The van der Waals surface area contributed by atoms with Crippen molar-refractivity contribution in [1.29, 1.82) is 0 Å². The minimum atomic E-state index is -2.86. The van der Waals surface area contributed by atoms with E-state index < -0.39 is 9.84 Å². The van der Waals surface area contributed by atoms with E-state index in [2.05, 4.69) is 20.1 Å². The van der Waals surface area contributed by atoms with Crippen LogP contribution in [-0.4, -0.2) is 131 Å². The third-order valence-electron chi connectivity index (χ3n) is 4.67. The minimum absolute atomic E-state index is 0.217. The Balaban J connectivity index is 1.39. The molecule has 31 heavy (non-hydrogen) atoms. The van der Waals surface area contributed by atoms with Crippen molar-refractivity contribution >= 4 is 9.84 Å². The maximum atomic E-state index is 11.5. The number of aromatic nitrogens is 3. The van der Waals surface area contributed by atoms with Gasteiger partial charge in [0.1, 0.15) is 0 Å². The Morgan fingerprint density at radius 2 is 1.45 bits per heavy atom. The lowest BCUT2D eigenvalue weighted by Gasteiger charge is -2.25. The fraction of sp³-hybridized carbons (Fsp3) is 0.895. The number of rotatable bonds is 17. The molecule has 1 aromatic heterocycles. The van der Waals surface area contributed by atoms with Crippen LogP contribution in [0.3, 0.4) is 0 Å². The first-order valence-electron chi connectivity index (χ1n) is 10.7. The number of sulfone groups is 1. The fourth-order valence-electron chi connectivity index (χ4n) is 2.82. The molecule has 2 heterocycles. The van der Waals surface area contributed by atoms with E-state index in [1.54, 1.807) is 4.68 Å². The third kappa shape index (κ3) is 12.5. The van der Waals surface area contributed by atoms with Crippen molar-refractivity contribution in [3.8, 4) is 0 Å². The summed E-state index contributed by atoms with van der Waals surface area (Å²) >= 11 is 0. The van der Waals surface area contributed by atoms with Crippen LogP contribution in [0.2, 0.25) is 0 Å². The summed E-state index contributed by atoms with van der Waals surface area (Å²) in [5.41, 5.74) is 0.839. The van der Waals surface area contributed by atoms with Crippen molar-refractivity contribution < 1.29 is 27.4 Å². The summed E-state index contributed by atoms with van der Waals surface area (Å²) in [7, 11) is 1.17. The van der Waals surface area contributed by atoms with Gasteiger partial charge in [0.15, 0.2) is 9.84 Å². The summed E-state index contributed by atoms with van der Waals surface area (Å²) in [4.78, 5) is 4.17. The van der Waals surface area contributed by atoms with Gasteiger partial charge in [0.25, 0.3) is 0 Å². The maximum Gasteiger partial charge on any atom is 0.152 e. The SMILES string of the molecule is CN(C)CCOCCOCCOCCOCCn1cc(CN2CCS(=O)(=O)CC2)nn1. The van der Waals surface area contributed by atoms with Gasteiger partial charge in [-0.3, -0.25) is 4.90 Å². The second-order valence-corrected chi connectivity index (χ2v) is 9.96. The minimum Gasteiger partial charge on any atom is -0.378 e. The van der Waals surface area contributed by atoms with E-state index >= 15 is 0 Å². The first kappa shape index (κ1) is 26.1. The van der Waals surface area contributed by atoms with Gasteiger partial charge in [0.05, 0.1) is 76.6 Å². The van der Waals surface area contributed by atoms with Gasteiger partial charge in [-0.2, -0.15) is 0 Å². The first-order valence-corrected chi connectivity index (χ1v) is 12.5. The number of nitrogens with zero attached hydrogens (tertiary/aromatic N) is 5. The van der Waals surface area contributed by atoms with Crippen LogP contribution in [0.4, 0.5) is 0 Å². The van der Waals surface area contributed by atoms with Crippen LogP contribution in [-0.2, 0) is 41.9 Å². The van der Waals surface area contributed by atoms with Crippen molar-refractivity contribution in [2.75, 3.05) is 98.1 Å². The molecule has 12 heteroatoms. The van der Waals surface area contributed by atoms with Gasteiger partial charge in [-0.05, 0) is 14.1 Å². The van der Waals surface area contributed by atoms with Crippen molar-refractivity contribution in [1.82, 2.24) is 24.8 Å². The van der Waals surface area contributed by atoms with Crippen LogP contribution >= 0.6 is 0 Å². The molecule has 1 saturated heterocycles. The van der Waals surface area contributed by atoms with Gasteiger partial charge < -0.3 is 23.8 Å². The van der Waals surface area contributed by atoms with E-state index in [1.807, 2.05) is 20.3 Å². The Bertz CT molecular complexity index is 686. The summed E-state index contributed by atoms with van der Waals surface area (Å²) in [5.74, 6) is 0.434. The second-order valence-electron chi connectivity index (χ2n) is 7.65. The molecule has 180 valence electrons. The van der Waals surface area contributed by atoms with Crippen molar-refractivity contribution in [2.45, 2.75) is 13.1 Å². The van der Waals surface area contributed by atoms with Crippen LogP contribution in [0.15, 0.2) is 6.20 Å². The standard InChI is InChI=1S/C19H37N5O6S/c1-22(2)3-7-27-9-11-29-13-14-30-12-10-28-8-4-24-18-19(20-21-24)17-23-5-15-31(25,26)16-6-23/h18H,3-17H2,1-2H3. The molecule has 2 rings (SSSR count). The van der Waals surface area contributed by atoms with Gasteiger partial charge >= 0.3 is 0 Å². The van der Waals surface area contributed by atoms with Crippen LogP contribution < -0.4 is 0 Å². The molecule has 0 radical (unpaired) electrons. The topological polar surface area (TPSA) is 108 Å².